The van der Waals surface area contributed by atoms with Crippen LogP contribution in [0.1, 0.15) is 194 Å². The van der Waals surface area contributed by atoms with Crippen molar-refractivity contribution >= 4 is 5.91 Å². The molecule has 3 heterocycles. The van der Waals surface area contributed by atoms with E-state index in [-0.39, 0.29) is 18.9 Å². The summed E-state index contributed by atoms with van der Waals surface area (Å²) in [6, 6.07) is -0.965. The standard InChI is InChI=1S/C54H101NO18/c1-3-5-7-9-11-13-15-17-18-20-22-24-26-28-30-32-42(60)55-37(38(59)31-29-27-25-23-21-19-16-14-12-10-8-6-4-2)36-68-52-48(66)45(63)50(40(34-57)70-52)73-54-49(67)46(64)51(41(35-58)71-54)72-53-47(65)44(62)43(61)39(33-56)69-53/h29,31,37-41,43-54,56-59,61-67H,3-28,30,32-36H2,1-2H3,(H,55,60). The molecule has 0 aromatic rings. The van der Waals surface area contributed by atoms with Crippen molar-refractivity contribution in [1.82, 2.24) is 5.32 Å². The minimum Gasteiger partial charge on any atom is -0.394 e. The van der Waals surface area contributed by atoms with Gasteiger partial charge in [-0.1, -0.05) is 180 Å². The van der Waals surface area contributed by atoms with Gasteiger partial charge in [-0.15, -0.1) is 0 Å². The van der Waals surface area contributed by atoms with Crippen molar-refractivity contribution in [3.8, 4) is 0 Å². The first-order valence-electron chi connectivity index (χ1n) is 28.4. The van der Waals surface area contributed by atoms with Crippen LogP contribution in [0.2, 0.25) is 0 Å². The lowest BCUT2D eigenvalue weighted by Gasteiger charge is -2.48. The normalized spacial score (nSPS) is 31.8. The van der Waals surface area contributed by atoms with Crippen molar-refractivity contribution < 1.29 is 89.4 Å². The number of nitrogens with one attached hydrogen (secondary N) is 1. The zero-order valence-electron chi connectivity index (χ0n) is 44.4. The Kier molecular flexibility index (Phi) is 35.1. The van der Waals surface area contributed by atoms with E-state index in [1.54, 1.807) is 6.08 Å². The molecule has 3 aliphatic rings. The van der Waals surface area contributed by atoms with Crippen LogP contribution in [0, 0.1) is 0 Å². The van der Waals surface area contributed by atoms with Gasteiger partial charge in [0.2, 0.25) is 5.91 Å². The van der Waals surface area contributed by atoms with Gasteiger partial charge in [-0.3, -0.25) is 4.79 Å². The highest BCUT2D eigenvalue weighted by Gasteiger charge is 2.53. The number of aliphatic hydroxyl groups excluding tert-OH is 11. The summed E-state index contributed by atoms with van der Waals surface area (Å²) in [5, 5.41) is 120. The fraction of sp³-hybridized carbons (Fsp3) is 0.944. The van der Waals surface area contributed by atoms with Crippen molar-refractivity contribution in [2.45, 2.75) is 298 Å². The molecule has 73 heavy (non-hydrogen) atoms. The van der Waals surface area contributed by atoms with Gasteiger partial charge in [0.15, 0.2) is 18.9 Å². The van der Waals surface area contributed by atoms with E-state index in [4.69, 9.17) is 28.4 Å². The Morgan fingerprint density at radius 2 is 0.849 bits per heavy atom. The maximum Gasteiger partial charge on any atom is 0.220 e. The van der Waals surface area contributed by atoms with Crippen molar-refractivity contribution in [2.24, 2.45) is 0 Å². The highest BCUT2D eigenvalue weighted by molar-refractivity contribution is 5.76. The van der Waals surface area contributed by atoms with Gasteiger partial charge >= 0.3 is 0 Å². The molecule has 3 saturated heterocycles. The van der Waals surface area contributed by atoms with E-state index < -0.39 is 124 Å². The average molecular weight is 1050 g/mol. The Balaban J connectivity index is 1.53. The van der Waals surface area contributed by atoms with Crippen molar-refractivity contribution in [1.29, 1.82) is 0 Å². The van der Waals surface area contributed by atoms with E-state index in [1.165, 1.54) is 122 Å². The molecule has 430 valence electrons. The Morgan fingerprint density at radius 1 is 0.479 bits per heavy atom. The molecule has 0 bridgehead atoms. The van der Waals surface area contributed by atoms with E-state index in [9.17, 15) is 61.0 Å². The Morgan fingerprint density at radius 3 is 1.29 bits per heavy atom. The fourth-order valence-corrected chi connectivity index (χ4v) is 9.84. The quantitative estimate of drug-likeness (QED) is 0.0306. The Hall–Kier alpha value is -1.47. The molecule has 19 heteroatoms. The molecular formula is C54H101NO18. The minimum atomic E-state index is -1.97. The second kappa shape index (κ2) is 39.0. The second-order valence-electron chi connectivity index (χ2n) is 20.8. The molecule has 19 nitrogen and oxygen atoms in total. The van der Waals surface area contributed by atoms with E-state index in [0.717, 1.165) is 44.9 Å². The van der Waals surface area contributed by atoms with Crippen molar-refractivity contribution in [2.75, 3.05) is 26.4 Å². The summed E-state index contributed by atoms with van der Waals surface area (Å²) in [5.41, 5.74) is 0. The third-order valence-electron chi connectivity index (χ3n) is 14.6. The molecule has 3 aliphatic heterocycles. The van der Waals surface area contributed by atoms with Crippen molar-refractivity contribution in [3.63, 3.8) is 0 Å². The van der Waals surface area contributed by atoms with E-state index in [0.29, 0.717) is 6.42 Å². The van der Waals surface area contributed by atoms with Crippen LogP contribution in [0.5, 0.6) is 0 Å². The number of hydrogen-bond donors (Lipinski definition) is 12. The van der Waals surface area contributed by atoms with Gasteiger partial charge in [-0.05, 0) is 19.3 Å². The summed E-state index contributed by atoms with van der Waals surface area (Å²) < 4.78 is 34.2. The largest absolute Gasteiger partial charge is 0.394 e. The molecule has 0 aromatic carbocycles. The van der Waals surface area contributed by atoms with Crippen LogP contribution in [-0.2, 0) is 33.2 Å². The summed E-state index contributed by atoms with van der Waals surface area (Å²) in [6.07, 6.45) is 9.11. The van der Waals surface area contributed by atoms with Crippen LogP contribution in [-0.4, -0.2) is 193 Å². The maximum atomic E-state index is 13.3. The molecule has 1 amide bonds. The highest BCUT2D eigenvalue weighted by Crippen LogP contribution is 2.33. The van der Waals surface area contributed by atoms with Crippen molar-refractivity contribution in [3.05, 3.63) is 12.2 Å². The number of unbranched alkanes of at least 4 members (excludes halogenated alkanes) is 25. The highest BCUT2D eigenvalue weighted by atomic mass is 16.8. The predicted octanol–water partition coefficient (Wildman–Crippen LogP) is 3.82. The molecule has 0 radical (unpaired) electrons. The summed E-state index contributed by atoms with van der Waals surface area (Å²) >= 11 is 0. The number of aliphatic hydroxyl groups is 11. The summed E-state index contributed by atoms with van der Waals surface area (Å²) in [6.45, 7) is 1.71. The summed E-state index contributed by atoms with van der Waals surface area (Å²) in [5.74, 6) is -0.275. The zero-order chi connectivity index (χ0) is 53.4. The monoisotopic (exact) mass is 1050 g/mol. The van der Waals surface area contributed by atoms with Gasteiger partial charge in [0, 0.05) is 6.42 Å². The van der Waals surface area contributed by atoms with E-state index >= 15 is 0 Å². The molecule has 0 aromatic heterocycles. The number of allylic oxidation sites excluding steroid dienone is 1. The molecule has 17 unspecified atom stereocenters. The topological polar surface area (TPSA) is 307 Å². The van der Waals surface area contributed by atoms with E-state index in [2.05, 4.69) is 19.2 Å². The van der Waals surface area contributed by atoms with Gasteiger partial charge in [-0.2, -0.15) is 0 Å². The first-order valence-corrected chi connectivity index (χ1v) is 28.4. The van der Waals surface area contributed by atoms with Crippen LogP contribution >= 0.6 is 0 Å². The molecule has 12 N–H and O–H groups in total. The third-order valence-corrected chi connectivity index (χ3v) is 14.6. The molecule has 3 fully saturated rings. The molecule has 3 rings (SSSR count). The number of rotatable bonds is 41. The molecular weight excluding hydrogens is 951 g/mol. The van der Waals surface area contributed by atoms with Crippen LogP contribution in [0.4, 0.5) is 0 Å². The number of amides is 1. The Bertz CT molecular complexity index is 1400. The summed E-state index contributed by atoms with van der Waals surface area (Å²) in [7, 11) is 0. The third kappa shape index (κ3) is 24.0. The first kappa shape index (κ1) is 65.8. The lowest BCUT2D eigenvalue weighted by molar-refractivity contribution is -0.379. The van der Waals surface area contributed by atoms with Crippen LogP contribution < -0.4 is 5.32 Å². The average Bonchev–Trinajstić information content (AvgIpc) is 3.39. The summed E-state index contributed by atoms with van der Waals surface area (Å²) in [4.78, 5) is 13.3. The van der Waals surface area contributed by atoms with Crippen LogP contribution in [0.25, 0.3) is 0 Å². The van der Waals surface area contributed by atoms with Crippen LogP contribution in [0.3, 0.4) is 0 Å². The molecule has 17 atom stereocenters. The number of carbonyl (C=O) groups is 1. The van der Waals surface area contributed by atoms with Gasteiger partial charge in [-0.25, -0.2) is 0 Å². The van der Waals surface area contributed by atoms with E-state index in [1.807, 2.05) is 6.08 Å². The smallest absolute Gasteiger partial charge is 0.220 e. The van der Waals surface area contributed by atoms with Crippen LogP contribution in [0.15, 0.2) is 12.2 Å². The molecule has 0 aliphatic carbocycles. The number of hydrogen-bond acceptors (Lipinski definition) is 18. The number of carbonyl (C=O) groups excluding carboxylic acids is 1. The number of ether oxygens (including phenoxy) is 6. The lowest BCUT2D eigenvalue weighted by atomic mass is 9.96. The first-order chi connectivity index (χ1) is 35.3. The van der Waals surface area contributed by atoms with Gasteiger partial charge in [0.25, 0.3) is 0 Å². The Labute approximate surface area is 436 Å². The lowest BCUT2D eigenvalue weighted by Crippen LogP contribution is -2.66. The van der Waals surface area contributed by atoms with Gasteiger partial charge in [0.1, 0.15) is 73.2 Å². The zero-order valence-corrected chi connectivity index (χ0v) is 44.4. The predicted molar refractivity (Wildman–Crippen MR) is 273 cm³/mol. The van der Waals surface area contributed by atoms with Gasteiger partial charge < -0.3 is 89.9 Å². The molecule has 0 saturated carbocycles. The molecule has 0 spiro atoms. The SMILES string of the molecule is CCCCCCCCCCCCCC=CC(O)C(COC1OC(CO)C(OC2OC(CO)C(OC3OC(CO)C(O)C(O)C3O)C(O)C2O)C(O)C1O)NC(=O)CCCCCCCCCCCCCCCCC. The minimum absolute atomic E-state index is 0.248. The second-order valence-corrected chi connectivity index (χ2v) is 20.8. The fourth-order valence-electron chi connectivity index (χ4n) is 9.84. The van der Waals surface area contributed by atoms with Gasteiger partial charge in [0.05, 0.1) is 38.6 Å². The maximum absolute atomic E-state index is 13.3.